The second-order valence-electron chi connectivity index (χ2n) is 8.99. The maximum absolute atomic E-state index is 13.5. The lowest BCUT2D eigenvalue weighted by Gasteiger charge is -2.35. The van der Waals surface area contributed by atoms with E-state index >= 15 is 0 Å². The number of nitrogens with one attached hydrogen (secondary N) is 1. The van der Waals surface area contributed by atoms with E-state index < -0.39 is 17.8 Å². The molecular weight excluding hydrogens is 471 g/mol. The predicted octanol–water partition coefficient (Wildman–Crippen LogP) is 4.45. The van der Waals surface area contributed by atoms with Gasteiger partial charge in [0.25, 0.3) is 0 Å². The molecule has 4 heterocycles. The van der Waals surface area contributed by atoms with Crippen LogP contribution in [0.15, 0.2) is 42.9 Å². The fourth-order valence-corrected chi connectivity index (χ4v) is 4.79. The van der Waals surface area contributed by atoms with Crippen LogP contribution in [0.25, 0.3) is 16.7 Å². The van der Waals surface area contributed by atoms with Gasteiger partial charge < -0.3 is 15.1 Å². The average Bonchev–Trinajstić information content (AvgIpc) is 3.32. The van der Waals surface area contributed by atoms with Crippen molar-refractivity contribution >= 4 is 34.2 Å². The lowest BCUT2D eigenvalue weighted by molar-refractivity contribution is -0.138. The van der Waals surface area contributed by atoms with Crippen molar-refractivity contribution in [2.45, 2.75) is 33.0 Å². The molecule has 36 heavy (non-hydrogen) atoms. The standard InChI is InChI=1S/C25H26F3N7O/c1-15-18(5-4-6-20(15)25(26,27)28)16(2)31-23-19-13-22(34-11-9-33(10-12-34)17(3)36)30-14-21(19)35-8-7-29-24(35)32-23/h4-8,13-14,16H,9-12H2,1-3H3,(H,29,31,32)/t16-/m1/s1. The van der Waals surface area contributed by atoms with Gasteiger partial charge in [-0.15, -0.1) is 0 Å². The molecule has 0 aliphatic carbocycles. The second kappa shape index (κ2) is 8.96. The number of nitrogens with zero attached hydrogens (tertiary/aromatic N) is 6. The lowest BCUT2D eigenvalue weighted by atomic mass is 9.97. The smallest absolute Gasteiger partial charge is 0.363 e. The molecule has 11 heteroatoms. The van der Waals surface area contributed by atoms with Crippen molar-refractivity contribution in [2.24, 2.45) is 0 Å². The summed E-state index contributed by atoms with van der Waals surface area (Å²) >= 11 is 0. The number of fused-ring (bicyclic) bond motifs is 3. The number of carbonyl (C=O) groups excluding carboxylic acids is 1. The van der Waals surface area contributed by atoms with E-state index in [2.05, 4.69) is 25.2 Å². The highest BCUT2D eigenvalue weighted by Gasteiger charge is 2.33. The fourth-order valence-electron chi connectivity index (χ4n) is 4.79. The molecule has 3 aromatic heterocycles. The summed E-state index contributed by atoms with van der Waals surface area (Å²) in [5.74, 6) is 1.78. The highest BCUT2D eigenvalue weighted by atomic mass is 19.4. The summed E-state index contributed by atoms with van der Waals surface area (Å²) in [6.07, 6.45) is 0.763. The molecule has 1 fully saturated rings. The Kier molecular flexibility index (Phi) is 5.93. The number of carbonyl (C=O) groups is 1. The molecule has 1 saturated heterocycles. The van der Waals surface area contributed by atoms with Gasteiger partial charge in [0.05, 0.1) is 23.3 Å². The average molecular weight is 498 g/mol. The number of halogens is 3. The Bertz CT molecular complexity index is 1440. The number of alkyl halides is 3. The Balaban J connectivity index is 1.53. The molecule has 1 amide bonds. The topological polar surface area (TPSA) is 78.7 Å². The first kappa shape index (κ1) is 23.8. The van der Waals surface area contributed by atoms with Gasteiger partial charge in [-0.25, -0.2) is 9.97 Å². The van der Waals surface area contributed by atoms with E-state index in [4.69, 9.17) is 0 Å². The summed E-state index contributed by atoms with van der Waals surface area (Å²) in [5.41, 5.74) is 0.852. The molecule has 188 valence electrons. The number of amides is 1. The zero-order valence-electron chi connectivity index (χ0n) is 20.2. The normalized spacial score (nSPS) is 15.5. The fraction of sp³-hybridized carbons (Fsp3) is 0.360. The first-order chi connectivity index (χ1) is 17.1. The van der Waals surface area contributed by atoms with Crippen molar-refractivity contribution in [3.8, 4) is 0 Å². The Morgan fingerprint density at radius 3 is 2.58 bits per heavy atom. The molecule has 4 aromatic rings. The van der Waals surface area contributed by atoms with Crippen LogP contribution in [0.3, 0.4) is 0 Å². The van der Waals surface area contributed by atoms with Gasteiger partial charge in [-0.1, -0.05) is 12.1 Å². The van der Waals surface area contributed by atoms with Crippen molar-refractivity contribution in [3.63, 3.8) is 0 Å². The highest BCUT2D eigenvalue weighted by Crippen LogP contribution is 2.36. The molecule has 5 rings (SSSR count). The summed E-state index contributed by atoms with van der Waals surface area (Å²) in [7, 11) is 0. The van der Waals surface area contributed by atoms with E-state index in [1.807, 2.05) is 17.4 Å². The first-order valence-corrected chi connectivity index (χ1v) is 11.7. The summed E-state index contributed by atoms with van der Waals surface area (Å²) < 4.78 is 42.3. The van der Waals surface area contributed by atoms with Crippen LogP contribution in [0.2, 0.25) is 0 Å². The summed E-state index contributed by atoms with van der Waals surface area (Å²) in [6.45, 7) is 7.41. The molecule has 0 radical (unpaired) electrons. The Morgan fingerprint density at radius 2 is 1.89 bits per heavy atom. The van der Waals surface area contributed by atoms with Crippen LogP contribution in [0.4, 0.5) is 24.8 Å². The maximum Gasteiger partial charge on any atom is 0.416 e. The number of hydrogen-bond acceptors (Lipinski definition) is 6. The van der Waals surface area contributed by atoms with E-state index in [0.29, 0.717) is 43.3 Å². The van der Waals surface area contributed by atoms with Gasteiger partial charge in [0, 0.05) is 50.9 Å². The molecule has 8 nitrogen and oxygen atoms in total. The predicted molar refractivity (Wildman–Crippen MR) is 131 cm³/mol. The Labute approximate surface area is 205 Å². The molecule has 1 N–H and O–H groups in total. The van der Waals surface area contributed by atoms with Crippen LogP contribution in [0.1, 0.15) is 36.6 Å². The molecule has 0 unspecified atom stereocenters. The zero-order chi connectivity index (χ0) is 25.6. The van der Waals surface area contributed by atoms with Crippen molar-refractivity contribution in [2.75, 3.05) is 36.4 Å². The van der Waals surface area contributed by atoms with Crippen LogP contribution >= 0.6 is 0 Å². The Hall–Kier alpha value is -3.89. The first-order valence-electron chi connectivity index (χ1n) is 11.7. The van der Waals surface area contributed by atoms with Crippen LogP contribution in [0.5, 0.6) is 0 Å². The number of anilines is 2. The number of hydrogen-bond donors (Lipinski definition) is 1. The van der Waals surface area contributed by atoms with Crippen molar-refractivity contribution < 1.29 is 18.0 Å². The van der Waals surface area contributed by atoms with E-state index in [9.17, 15) is 18.0 Å². The van der Waals surface area contributed by atoms with Crippen LogP contribution in [0, 0.1) is 6.92 Å². The lowest BCUT2D eigenvalue weighted by Crippen LogP contribution is -2.48. The number of piperazine rings is 1. The second-order valence-corrected chi connectivity index (χ2v) is 8.99. The molecule has 0 saturated carbocycles. The molecule has 1 aliphatic heterocycles. The monoisotopic (exact) mass is 497 g/mol. The van der Waals surface area contributed by atoms with Gasteiger partial charge in [0.2, 0.25) is 11.7 Å². The van der Waals surface area contributed by atoms with Gasteiger partial charge in [0.1, 0.15) is 11.6 Å². The van der Waals surface area contributed by atoms with Gasteiger partial charge in [-0.2, -0.15) is 18.2 Å². The van der Waals surface area contributed by atoms with Crippen molar-refractivity contribution in [1.82, 2.24) is 24.3 Å². The summed E-state index contributed by atoms with van der Waals surface area (Å²) in [4.78, 5) is 29.2. The molecule has 1 aromatic carbocycles. The van der Waals surface area contributed by atoms with Gasteiger partial charge in [-0.05, 0) is 37.1 Å². The van der Waals surface area contributed by atoms with Crippen molar-refractivity contribution in [3.05, 3.63) is 59.5 Å². The van der Waals surface area contributed by atoms with Crippen LogP contribution in [-0.2, 0) is 11.0 Å². The molecular formula is C25H26F3N7O. The highest BCUT2D eigenvalue weighted by molar-refractivity contribution is 5.92. The minimum absolute atomic E-state index is 0.0539. The molecule has 0 bridgehead atoms. The van der Waals surface area contributed by atoms with Crippen LogP contribution in [-0.4, -0.2) is 56.3 Å². The minimum Gasteiger partial charge on any atom is -0.363 e. The van der Waals surface area contributed by atoms with Crippen molar-refractivity contribution in [1.29, 1.82) is 0 Å². The molecule has 1 atom stereocenters. The number of rotatable bonds is 4. The SMILES string of the molecule is CC(=O)N1CCN(c2cc3c(N[C@H](C)c4cccc(C(F)(F)F)c4C)nc4nccn4c3cn2)CC1. The third-order valence-corrected chi connectivity index (χ3v) is 6.77. The summed E-state index contributed by atoms with van der Waals surface area (Å²) in [6, 6.07) is 5.70. The zero-order valence-corrected chi connectivity index (χ0v) is 20.2. The van der Waals surface area contributed by atoms with E-state index in [0.717, 1.165) is 22.8 Å². The number of aromatic nitrogens is 4. The number of benzene rings is 1. The quantitative estimate of drug-likeness (QED) is 0.449. The number of imidazole rings is 1. The van der Waals surface area contributed by atoms with E-state index in [1.165, 1.54) is 13.0 Å². The minimum atomic E-state index is -4.42. The van der Waals surface area contributed by atoms with Gasteiger partial charge in [-0.3, -0.25) is 9.20 Å². The molecule has 1 aliphatic rings. The van der Waals surface area contributed by atoms with Crippen LogP contribution < -0.4 is 10.2 Å². The van der Waals surface area contributed by atoms with E-state index in [-0.39, 0.29) is 11.5 Å². The third-order valence-electron chi connectivity index (χ3n) is 6.77. The largest absolute Gasteiger partial charge is 0.416 e. The van der Waals surface area contributed by atoms with E-state index in [1.54, 1.807) is 36.5 Å². The third kappa shape index (κ3) is 4.29. The Morgan fingerprint density at radius 1 is 1.14 bits per heavy atom. The maximum atomic E-state index is 13.5. The number of pyridine rings is 1. The summed E-state index contributed by atoms with van der Waals surface area (Å²) in [5, 5.41) is 4.10. The van der Waals surface area contributed by atoms with Gasteiger partial charge in [0.15, 0.2) is 0 Å². The van der Waals surface area contributed by atoms with Gasteiger partial charge >= 0.3 is 6.18 Å². The molecule has 0 spiro atoms.